The minimum atomic E-state index is -0.0218. The van der Waals surface area contributed by atoms with E-state index in [1.807, 2.05) is 6.20 Å². The van der Waals surface area contributed by atoms with Gasteiger partial charge < -0.3 is 29.2 Å². The summed E-state index contributed by atoms with van der Waals surface area (Å²) in [6.07, 6.45) is 14.2. The van der Waals surface area contributed by atoms with Crippen molar-refractivity contribution in [1.82, 2.24) is 29.7 Å². The number of carbonyl (C=O) groups excluding carboxylic acids is 2. The Labute approximate surface area is 335 Å². The Morgan fingerprint density at radius 2 is 1.32 bits per heavy atom. The number of fused-ring (bicyclic) bond motifs is 4. The summed E-state index contributed by atoms with van der Waals surface area (Å²) < 4.78 is 11.1. The van der Waals surface area contributed by atoms with Crippen LogP contribution in [0.15, 0.2) is 48.7 Å². The van der Waals surface area contributed by atoms with E-state index < -0.39 is 0 Å². The number of benzene rings is 3. The van der Waals surface area contributed by atoms with Gasteiger partial charge in [-0.05, 0) is 136 Å². The second-order valence-electron chi connectivity index (χ2n) is 17.7. The molecular formula is C47H56N6O4. The highest BCUT2D eigenvalue weighted by molar-refractivity contribution is 6.05. The predicted molar refractivity (Wildman–Crippen MR) is 222 cm³/mol. The number of hydrogen-bond donors (Lipinski definition) is 2. The molecule has 2 amide bonds. The molecule has 4 unspecified atom stereocenters. The molecule has 4 fully saturated rings. The van der Waals surface area contributed by atoms with Gasteiger partial charge in [0.1, 0.15) is 11.6 Å². The first kappa shape index (κ1) is 36.8. The Morgan fingerprint density at radius 1 is 0.702 bits per heavy atom. The van der Waals surface area contributed by atoms with Crippen molar-refractivity contribution in [3.63, 3.8) is 0 Å². The fourth-order valence-electron chi connectivity index (χ4n) is 11.0. The van der Waals surface area contributed by atoms with E-state index in [1.165, 1.54) is 33.2 Å². The van der Waals surface area contributed by atoms with Crippen LogP contribution >= 0.6 is 0 Å². The third-order valence-corrected chi connectivity index (χ3v) is 14.1. The standard InChI is InChI=1S/C47H56N6O4/c1-28-6-14-41(52(28)43(54)24-30-16-20-56-21-17-30)46-48-27-40(50-46)38-12-11-34(36-4-3-5-37(36)38)32-8-10-35-33(26-32)9-13-39-45(35)51-47(49-39)42-15-7-29(2)53(42)44(55)25-31-18-22-57-23-19-31/h8-13,26-31,41-42H,3-7,14-25H2,1-2H3,(H,48,50)(H,49,51). The van der Waals surface area contributed by atoms with Gasteiger partial charge in [0, 0.05) is 62.3 Å². The minimum Gasteiger partial charge on any atom is -0.381 e. The van der Waals surface area contributed by atoms with Crippen molar-refractivity contribution < 1.29 is 19.1 Å². The molecule has 5 aromatic rings. The van der Waals surface area contributed by atoms with Crippen molar-refractivity contribution in [2.45, 2.75) is 121 Å². The molecule has 4 saturated heterocycles. The van der Waals surface area contributed by atoms with Crippen molar-refractivity contribution in [2.75, 3.05) is 26.4 Å². The number of aromatic nitrogens is 4. The molecule has 3 aromatic carbocycles. The lowest BCUT2D eigenvalue weighted by molar-refractivity contribution is -0.136. The summed E-state index contributed by atoms with van der Waals surface area (Å²) in [5, 5.41) is 2.30. The Morgan fingerprint density at radius 3 is 1.98 bits per heavy atom. The number of carbonyl (C=O) groups is 2. The van der Waals surface area contributed by atoms with Gasteiger partial charge in [-0.2, -0.15) is 0 Å². The minimum absolute atomic E-state index is 0.00613. The Hall–Kier alpha value is -4.54. The number of nitrogens with one attached hydrogen (secondary N) is 2. The summed E-state index contributed by atoms with van der Waals surface area (Å²) in [5.41, 5.74) is 9.61. The van der Waals surface area contributed by atoms with Crippen LogP contribution in [0.4, 0.5) is 0 Å². The maximum Gasteiger partial charge on any atom is 0.223 e. The van der Waals surface area contributed by atoms with Gasteiger partial charge >= 0.3 is 0 Å². The van der Waals surface area contributed by atoms with Crippen LogP contribution in [0.2, 0.25) is 0 Å². The Kier molecular flexibility index (Phi) is 9.89. The van der Waals surface area contributed by atoms with Gasteiger partial charge in [-0.15, -0.1) is 0 Å². The Balaban J connectivity index is 0.897. The van der Waals surface area contributed by atoms with E-state index in [0.717, 1.165) is 131 Å². The summed E-state index contributed by atoms with van der Waals surface area (Å²) >= 11 is 0. The van der Waals surface area contributed by atoms with Crippen LogP contribution in [-0.2, 0) is 31.9 Å². The number of H-pyrrole nitrogens is 2. The van der Waals surface area contributed by atoms with E-state index in [1.54, 1.807) is 0 Å². The monoisotopic (exact) mass is 768 g/mol. The largest absolute Gasteiger partial charge is 0.381 e. The van der Waals surface area contributed by atoms with Crippen molar-refractivity contribution in [3.8, 4) is 22.4 Å². The van der Waals surface area contributed by atoms with E-state index in [9.17, 15) is 9.59 Å². The number of ether oxygens (including phenoxy) is 2. The molecule has 6 heterocycles. The normalized spacial score (nSPS) is 24.6. The third kappa shape index (κ3) is 6.86. The zero-order valence-corrected chi connectivity index (χ0v) is 33.5. The lowest BCUT2D eigenvalue weighted by Crippen LogP contribution is -2.37. The molecule has 0 bridgehead atoms. The predicted octanol–water partition coefficient (Wildman–Crippen LogP) is 9.00. The summed E-state index contributed by atoms with van der Waals surface area (Å²) in [4.78, 5) is 49.0. The molecule has 4 atom stereocenters. The first-order chi connectivity index (χ1) is 27.9. The van der Waals surface area contributed by atoms with E-state index in [-0.39, 0.29) is 36.0 Å². The molecule has 0 radical (unpaired) electrons. The average Bonchev–Trinajstić information content (AvgIpc) is 4.08. The van der Waals surface area contributed by atoms with Gasteiger partial charge in [-0.3, -0.25) is 9.59 Å². The lowest BCUT2D eigenvalue weighted by atomic mass is 9.91. The lowest BCUT2D eigenvalue weighted by Gasteiger charge is -2.30. The molecule has 0 spiro atoms. The van der Waals surface area contributed by atoms with Crippen LogP contribution in [0.25, 0.3) is 44.2 Å². The van der Waals surface area contributed by atoms with Gasteiger partial charge in [-0.1, -0.05) is 30.3 Å². The average molecular weight is 769 g/mol. The molecule has 5 aliphatic rings. The fraction of sp³-hybridized carbons (Fsp3) is 0.532. The maximum absolute atomic E-state index is 13.7. The second kappa shape index (κ2) is 15.3. The highest BCUT2D eigenvalue weighted by Gasteiger charge is 2.39. The molecule has 0 saturated carbocycles. The van der Waals surface area contributed by atoms with Gasteiger partial charge in [0.2, 0.25) is 11.8 Å². The van der Waals surface area contributed by atoms with Crippen LogP contribution in [0, 0.1) is 11.8 Å². The first-order valence-electron chi connectivity index (χ1n) is 21.8. The van der Waals surface area contributed by atoms with Crippen molar-refractivity contribution in [1.29, 1.82) is 0 Å². The zero-order chi connectivity index (χ0) is 38.6. The van der Waals surface area contributed by atoms with Gasteiger partial charge in [0.25, 0.3) is 0 Å². The van der Waals surface area contributed by atoms with Gasteiger partial charge in [0.05, 0.1) is 35.0 Å². The number of imidazole rings is 2. The van der Waals surface area contributed by atoms with E-state index in [0.29, 0.717) is 24.7 Å². The molecular weight excluding hydrogens is 713 g/mol. The molecule has 298 valence electrons. The smallest absolute Gasteiger partial charge is 0.223 e. The molecule has 2 aromatic heterocycles. The first-order valence-corrected chi connectivity index (χ1v) is 21.8. The summed E-state index contributed by atoms with van der Waals surface area (Å²) in [7, 11) is 0. The number of nitrogens with zero attached hydrogens (tertiary/aromatic N) is 4. The number of rotatable bonds is 8. The van der Waals surface area contributed by atoms with Crippen molar-refractivity contribution >= 4 is 33.6 Å². The number of aromatic amines is 2. The summed E-state index contributed by atoms with van der Waals surface area (Å²) in [6, 6.07) is 16.1. The SMILES string of the molecule is CC1CCC(c2ncc(-c3ccc(-c4ccc5c(ccc6[nH]c(C7CCC(C)N7C(=O)CC7CCOCC7)nc65)c4)c4c3CCC4)[nH]2)N1C(=O)CC1CCOCC1. The highest BCUT2D eigenvalue weighted by atomic mass is 16.5. The maximum atomic E-state index is 13.7. The number of likely N-dealkylation sites (tertiary alicyclic amines) is 2. The van der Waals surface area contributed by atoms with Gasteiger partial charge in [0.15, 0.2) is 0 Å². The highest BCUT2D eigenvalue weighted by Crippen LogP contribution is 2.43. The second-order valence-corrected chi connectivity index (χ2v) is 17.7. The number of amides is 2. The summed E-state index contributed by atoms with van der Waals surface area (Å²) in [6.45, 7) is 7.41. The van der Waals surface area contributed by atoms with Crippen LogP contribution in [-0.4, -0.2) is 80.1 Å². The van der Waals surface area contributed by atoms with Crippen LogP contribution in [0.5, 0.6) is 0 Å². The van der Waals surface area contributed by atoms with Crippen LogP contribution in [0.1, 0.15) is 119 Å². The van der Waals surface area contributed by atoms with Crippen molar-refractivity contribution in [3.05, 3.63) is 71.4 Å². The third-order valence-electron chi connectivity index (χ3n) is 14.1. The zero-order valence-electron chi connectivity index (χ0n) is 33.5. The van der Waals surface area contributed by atoms with E-state index in [2.05, 4.69) is 76.1 Å². The molecule has 4 aliphatic heterocycles. The van der Waals surface area contributed by atoms with E-state index >= 15 is 0 Å². The van der Waals surface area contributed by atoms with Crippen LogP contribution in [0.3, 0.4) is 0 Å². The van der Waals surface area contributed by atoms with E-state index in [4.69, 9.17) is 19.4 Å². The van der Waals surface area contributed by atoms with Crippen molar-refractivity contribution in [2.24, 2.45) is 11.8 Å². The number of hydrogen-bond acceptors (Lipinski definition) is 6. The van der Waals surface area contributed by atoms with Gasteiger partial charge in [-0.25, -0.2) is 9.97 Å². The molecule has 57 heavy (non-hydrogen) atoms. The molecule has 10 rings (SSSR count). The fourth-order valence-corrected chi connectivity index (χ4v) is 11.0. The molecule has 10 nitrogen and oxygen atoms in total. The Bertz CT molecular complexity index is 2300. The molecule has 2 N–H and O–H groups in total. The molecule has 1 aliphatic carbocycles. The molecule has 10 heteroatoms. The topological polar surface area (TPSA) is 116 Å². The summed E-state index contributed by atoms with van der Waals surface area (Å²) in [5.74, 6) is 3.14. The quantitative estimate of drug-likeness (QED) is 0.163. The van der Waals surface area contributed by atoms with Crippen LogP contribution < -0.4 is 0 Å².